The number of pyridine rings is 1. The van der Waals surface area contributed by atoms with Crippen molar-refractivity contribution in [1.82, 2.24) is 14.6 Å². The predicted molar refractivity (Wildman–Crippen MR) is 77.2 cm³/mol. The average Bonchev–Trinajstić information content (AvgIpc) is 3.10. The van der Waals surface area contributed by atoms with Gasteiger partial charge in [-0.05, 0) is 37.1 Å². The van der Waals surface area contributed by atoms with E-state index in [0.717, 1.165) is 61.2 Å². The van der Waals surface area contributed by atoms with Gasteiger partial charge < -0.3 is 9.72 Å². The molecule has 102 valence electrons. The zero-order valence-corrected chi connectivity index (χ0v) is 11.4. The molecular weight excluding hydrogens is 248 g/mol. The molecule has 2 aromatic rings. The third kappa shape index (κ3) is 1.82. The van der Waals surface area contributed by atoms with Gasteiger partial charge >= 0.3 is 0 Å². The topological polar surface area (TPSA) is 43.5 Å². The maximum atomic E-state index is 9.45. The molecule has 0 aliphatic carbocycles. The van der Waals surface area contributed by atoms with Crippen LogP contribution in [0.1, 0.15) is 11.1 Å². The molecule has 4 rings (SSSR count). The molecule has 2 saturated heterocycles. The second-order valence-electron chi connectivity index (χ2n) is 6.01. The molecule has 4 heterocycles. The zero-order chi connectivity index (χ0) is 13.5. The van der Waals surface area contributed by atoms with Crippen LogP contribution in [0.4, 0.5) is 0 Å². The first kappa shape index (κ1) is 12.0. The molecule has 2 atom stereocenters. The first-order valence-corrected chi connectivity index (χ1v) is 7.27. The van der Waals surface area contributed by atoms with Crippen LogP contribution < -0.4 is 5.32 Å². The van der Waals surface area contributed by atoms with Crippen LogP contribution in [0.3, 0.4) is 0 Å². The molecule has 0 saturated carbocycles. The van der Waals surface area contributed by atoms with Gasteiger partial charge in [-0.1, -0.05) is 6.07 Å². The van der Waals surface area contributed by atoms with E-state index in [1.807, 2.05) is 24.4 Å². The van der Waals surface area contributed by atoms with E-state index in [4.69, 9.17) is 0 Å². The summed E-state index contributed by atoms with van der Waals surface area (Å²) in [5, 5.41) is 12.9. The lowest BCUT2D eigenvalue weighted by molar-refractivity contribution is 0.305. The molecule has 0 amide bonds. The molecular formula is C16H18N4. The van der Waals surface area contributed by atoms with E-state index in [-0.39, 0.29) is 0 Å². The summed E-state index contributed by atoms with van der Waals surface area (Å²) in [6, 6.07) is 8.40. The Kier molecular flexibility index (Phi) is 2.76. The summed E-state index contributed by atoms with van der Waals surface area (Å²) in [7, 11) is 0. The fourth-order valence-corrected chi connectivity index (χ4v) is 3.75. The third-order valence-corrected chi connectivity index (χ3v) is 4.73. The largest absolute Gasteiger partial charge is 0.322 e. The van der Waals surface area contributed by atoms with E-state index in [0.29, 0.717) is 0 Å². The third-order valence-electron chi connectivity index (χ3n) is 4.73. The highest BCUT2D eigenvalue weighted by atomic mass is 15.2. The van der Waals surface area contributed by atoms with Gasteiger partial charge in [0.05, 0.1) is 11.1 Å². The van der Waals surface area contributed by atoms with Crippen LogP contribution in [0.25, 0.3) is 5.52 Å². The molecule has 0 aromatic carbocycles. The summed E-state index contributed by atoms with van der Waals surface area (Å²) in [6.07, 6.45) is 4.13. The molecule has 4 nitrogen and oxygen atoms in total. The van der Waals surface area contributed by atoms with E-state index in [9.17, 15) is 5.26 Å². The van der Waals surface area contributed by atoms with Gasteiger partial charge in [0.15, 0.2) is 0 Å². The van der Waals surface area contributed by atoms with Crippen molar-refractivity contribution in [1.29, 1.82) is 5.26 Å². The van der Waals surface area contributed by atoms with E-state index < -0.39 is 0 Å². The highest BCUT2D eigenvalue weighted by Crippen LogP contribution is 2.28. The summed E-state index contributed by atoms with van der Waals surface area (Å²) >= 11 is 0. The quantitative estimate of drug-likeness (QED) is 0.895. The fraction of sp³-hybridized carbons (Fsp3) is 0.438. The Morgan fingerprint density at radius 3 is 2.80 bits per heavy atom. The molecule has 0 spiro atoms. The maximum absolute atomic E-state index is 9.45. The first-order chi connectivity index (χ1) is 9.85. The monoisotopic (exact) mass is 266 g/mol. The van der Waals surface area contributed by atoms with Gasteiger partial charge in [0.1, 0.15) is 6.07 Å². The smallest absolute Gasteiger partial charge is 0.102 e. The maximum Gasteiger partial charge on any atom is 0.102 e. The van der Waals surface area contributed by atoms with Crippen molar-refractivity contribution in [2.75, 3.05) is 26.2 Å². The Labute approximate surface area is 118 Å². The minimum absolute atomic E-state index is 0.803. The minimum Gasteiger partial charge on any atom is -0.322 e. The number of likely N-dealkylation sites (tertiary alicyclic amines) is 1. The van der Waals surface area contributed by atoms with Gasteiger partial charge in [-0.15, -0.1) is 0 Å². The van der Waals surface area contributed by atoms with Crippen molar-refractivity contribution in [2.45, 2.75) is 6.54 Å². The molecule has 20 heavy (non-hydrogen) atoms. The second-order valence-corrected chi connectivity index (χ2v) is 6.01. The van der Waals surface area contributed by atoms with E-state index >= 15 is 0 Å². The van der Waals surface area contributed by atoms with E-state index in [1.54, 1.807) is 0 Å². The van der Waals surface area contributed by atoms with Crippen molar-refractivity contribution in [3.63, 3.8) is 0 Å². The van der Waals surface area contributed by atoms with Crippen molar-refractivity contribution in [2.24, 2.45) is 11.8 Å². The lowest BCUT2D eigenvalue weighted by Gasteiger charge is -2.16. The molecule has 0 radical (unpaired) electrons. The first-order valence-electron chi connectivity index (χ1n) is 7.27. The van der Waals surface area contributed by atoms with Gasteiger partial charge in [-0.25, -0.2) is 0 Å². The van der Waals surface area contributed by atoms with Crippen LogP contribution in [0, 0.1) is 23.2 Å². The van der Waals surface area contributed by atoms with Crippen molar-refractivity contribution in [3.8, 4) is 6.07 Å². The summed E-state index contributed by atoms with van der Waals surface area (Å²) < 4.78 is 2.06. The number of nitrogens with zero attached hydrogens (tertiary/aromatic N) is 3. The Balaban J connectivity index is 1.61. The van der Waals surface area contributed by atoms with Crippen molar-refractivity contribution >= 4 is 5.52 Å². The Hall–Kier alpha value is -1.83. The molecule has 0 bridgehead atoms. The number of nitriles is 1. The molecule has 4 heteroatoms. The van der Waals surface area contributed by atoms with Crippen molar-refractivity contribution < 1.29 is 0 Å². The van der Waals surface area contributed by atoms with E-state index in [2.05, 4.69) is 26.9 Å². The van der Waals surface area contributed by atoms with Crippen LogP contribution in [-0.4, -0.2) is 35.5 Å². The highest BCUT2D eigenvalue weighted by molar-refractivity contribution is 5.65. The highest BCUT2D eigenvalue weighted by Gasteiger charge is 2.36. The normalized spacial score (nSPS) is 25.9. The van der Waals surface area contributed by atoms with Gasteiger partial charge in [0.25, 0.3) is 0 Å². The molecule has 0 unspecified atom stereocenters. The summed E-state index contributed by atoms with van der Waals surface area (Å²) in [5.74, 6) is 1.61. The number of fused-ring (bicyclic) bond motifs is 2. The van der Waals surface area contributed by atoms with Crippen LogP contribution in [0.5, 0.6) is 0 Å². The van der Waals surface area contributed by atoms with Gasteiger partial charge in [0.2, 0.25) is 0 Å². The Morgan fingerprint density at radius 2 is 2.05 bits per heavy atom. The van der Waals surface area contributed by atoms with Gasteiger partial charge in [-0.3, -0.25) is 4.90 Å². The number of aromatic nitrogens is 1. The van der Waals surface area contributed by atoms with Crippen molar-refractivity contribution in [3.05, 3.63) is 41.7 Å². The van der Waals surface area contributed by atoms with Crippen LogP contribution in [0.15, 0.2) is 30.6 Å². The lowest BCUT2D eigenvalue weighted by atomic mass is 10.0. The van der Waals surface area contributed by atoms with Gasteiger partial charge in [0, 0.05) is 37.6 Å². The van der Waals surface area contributed by atoms with Gasteiger partial charge in [-0.2, -0.15) is 5.26 Å². The summed E-state index contributed by atoms with van der Waals surface area (Å²) in [5.41, 5.74) is 3.01. The minimum atomic E-state index is 0.803. The number of hydrogen-bond acceptors (Lipinski definition) is 3. The predicted octanol–water partition coefficient (Wildman–Crippen LogP) is 1.46. The van der Waals surface area contributed by atoms with Crippen LogP contribution in [0.2, 0.25) is 0 Å². The molecule has 1 N–H and O–H groups in total. The Morgan fingerprint density at radius 1 is 1.25 bits per heavy atom. The van der Waals surface area contributed by atoms with Crippen LogP contribution >= 0.6 is 0 Å². The molecule has 2 aliphatic rings. The number of rotatable bonds is 2. The Bertz CT molecular complexity index is 669. The number of nitrogens with one attached hydrogen (secondary N) is 1. The van der Waals surface area contributed by atoms with Crippen LogP contribution in [-0.2, 0) is 6.54 Å². The number of hydrogen-bond donors (Lipinski definition) is 1. The second kappa shape index (κ2) is 4.62. The molecule has 2 aromatic heterocycles. The standard InChI is InChI=1S/C16H18N4/c17-5-15-14(11-20-4-2-1-3-16(15)20)10-19-8-12-6-18-7-13(12)9-19/h1-4,11-13,18H,6-10H2/t12-,13+. The molecule has 2 fully saturated rings. The summed E-state index contributed by atoms with van der Waals surface area (Å²) in [4.78, 5) is 2.51. The fourth-order valence-electron chi connectivity index (χ4n) is 3.75. The lowest BCUT2D eigenvalue weighted by Crippen LogP contribution is -2.25. The summed E-state index contributed by atoms with van der Waals surface area (Å²) in [6.45, 7) is 5.54. The zero-order valence-electron chi connectivity index (χ0n) is 11.4. The average molecular weight is 266 g/mol. The molecule has 2 aliphatic heterocycles. The van der Waals surface area contributed by atoms with E-state index in [1.165, 1.54) is 0 Å². The SMILES string of the molecule is N#Cc1c(CN2C[C@H]3CNC[C@H]3C2)cn2ccccc12.